The van der Waals surface area contributed by atoms with Crippen molar-refractivity contribution in [2.45, 2.75) is 31.3 Å². The number of aryl methyl sites for hydroxylation is 1. The molecule has 2 aliphatic heterocycles. The Morgan fingerprint density at radius 1 is 1.28 bits per heavy atom. The molecule has 2 aromatic heterocycles. The van der Waals surface area contributed by atoms with E-state index in [4.69, 9.17) is 23.7 Å². The van der Waals surface area contributed by atoms with Crippen LogP contribution in [0, 0.1) is 17.5 Å². The Morgan fingerprint density at radius 2 is 2.00 bits per heavy atom. The fourth-order valence-electron chi connectivity index (χ4n) is 4.44. The van der Waals surface area contributed by atoms with Crippen molar-refractivity contribution in [3.63, 3.8) is 0 Å². The summed E-state index contributed by atoms with van der Waals surface area (Å²) >= 11 is 0. The molecule has 4 heterocycles. The van der Waals surface area contributed by atoms with Gasteiger partial charge >= 0.3 is 0 Å². The number of fused-ring (bicyclic) bond motifs is 2. The molecule has 1 aromatic carbocycles. The van der Waals surface area contributed by atoms with Gasteiger partial charge in [0.15, 0.2) is 11.9 Å². The molecule has 2 fully saturated rings. The van der Waals surface area contributed by atoms with Gasteiger partial charge in [-0.05, 0) is 24.6 Å². The zero-order chi connectivity index (χ0) is 25.6. The first kappa shape index (κ1) is 24.6. The maximum Gasteiger partial charge on any atom is 0.285 e. The molecular formula is C23H27FN6O5S. The fourth-order valence-corrected chi connectivity index (χ4v) is 4.96. The van der Waals surface area contributed by atoms with Crippen molar-refractivity contribution >= 4 is 32.5 Å². The number of carbonyl (C=O) groups excluding carboxylic acids is 1. The number of methoxy groups -OCH3 is 1. The quantitative estimate of drug-likeness (QED) is 0.509. The second kappa shape index (κ2) is 9.39. The second-order valence-electron chi connectivity index (χ2n) is 9.03. The number of amides is 1. The third kappa shape index (κ3) is 4.66. The SMILES string of the molecule is CO[C@@H]1CO[C@H]2[C@@H]1OC[C@H]2Oc1cc(F)ccc1Nc1ncnn2cc(C(=O)N=S(C)(C)=N)c(C)c12. The number of hydrogen-bond acceptors (Lipinski definition) is 9. The molecule has 11 nitrogen and oxygen atoms in total. The average Bonchev–Trinajstić information content (AvgIpc) is 3.49. The van der Waals surface area contributed by atoms with Crippen molar-refractivity contribution in [3.05, 3.63) is 47.7 Å². The fraction of sp³-hybridized carbons (Fsp3) is 0.435. The van der Waals surface area contributed by atoms with Crippen LogP contribution in [0.5, 0.6) is 5.75 Å². The van der Waals surface area contributed by atoms with Crippen LogP contribution in [0.3, 0.4) is 0 Å². The van der Waals surface area contributed by atoms with Gasteiger partial charge < -0.3 is 24.3 Å². The van der Waals surface area contributed by atoms with Crippen LogP contribution < -0.4 is 10.1 Å². The Kier molecular flexibility index (Phi) is 6.41. The minimum absolute atomic E-state index is 0.175. The van der Waals surface area contributed by atoms with Crippen LogP contribution >= 0.6 is 0 Å². The molecule has 0 spiro atoms. The summed E-state index contributed by atoms with van der Waals surface area (Å²) in [7, 11) is -0.525. The van der Waals surface area contributed by atoms with E-state index in [0.717, 1.165) is 0 Å². The van der Waals surface area contributed by atoms with Gasteiger partial charge in [-0.3, -0.25) is 9.57 Å². The predicted molar refractivity (Wildman–Crippen MR) is 131 cm³/mol. The summed E-state index contributed by atoms with van der Waals surface area (Å²) < 4.78 is 50.9. The van der Waals surface area contributed by atoms with Gasteiger partial charge in [-0.15, -0.1) is 0 Å². The molecule has 3 aromatic rings. The van der Waals surface area contributed by atoms with E-state index in [1.165, 1.54) is 23.0 Å². The van der Waals surface area contributed by atoms with Gasteiger partial charge in [-0.25, -0.2) is 13.9 Å². The summed E-state index contributed by atoms with van der Waals surface area (Å²) in [5.41, 5.74) is 1.96. The molecule has 2 aliphatic rings. The third-order valence-corrected chi connectivity index (χ3v) is 6.73. The van der Waals surface area contributed by atoms with Gasteiger partial charge in [-0.2, -0.15) is 9.46 Å². The molecule has 36 heavy (non-hydrogen) atoms. The van der Waals surface area contributed by atoms with Crippen LogP contribution in [0.15, 0.2) is 35.1 Å². The predicted octanol–water partition coefficient (Wildman–Crippen LogP) is 2.98. The molecule has 0 aliphatic carbocycles. The molecule has 0 radical (unpaired) electrons. The van der Waals surface area contributed by atoms with Crippen LogP contribution in [-0.2, 0) is 23.8 Å². The van der Waals surface area contributed by atoms with Crippen LogP contribution in [0.2, 0.25) is 0 Å². The zero-order valence-corrected chi connectivity index (χ0v) is 21.0. The molecule has 4 atom stereocenters. The molecular weight excluding hydrogens is 491 g/mol. The Labute approximate surface area is 207 Å². The van der Waals surface area contributed by atoms with Gasteiger partial charge in [0, 0.05) is 31.9 Å². The smallest absolute Gasteiger partial charge is 0.285 e. The summed E-state index contributed by atoms with van der Waals surface area (Å²) in [6.07, 6.45) is 4.95. The van der Waals surface area contributed by atoms with Gasteiger partial charge in [-0.1, -0.05) is 9.62 Å². The van der Waals surface area contributed by atoms with Crippen molar-refractivity contribution in [2.24, 2.45) is 4.36 Å². The Hall–Kier alpha value is -3.13. The third-order valence-electron chi connectivity index (χ3n) is 6.11. The van der Waals surface area contributed by atoms with Crippen molar-refractivity contribution in [1.29, 1.82) is 4.78 Å². The minimum Gasteiger partial charge on any atom is -0.483 e. The molecule has 2 N–H and O–H groups in total. The number of rotatable bonds is 6. The van der Waals surface area contributed by atoms with Crippen LogP contribution in [0.4, 0.5) is 15.9 Å². The van der Waals surface area contributed by atoms with Crippen molar-refractivity contribution in [2.75, 3.05) is 38.2 Å². The Bertz CT molecular complexity index is 1440. The summed E-state index contributed by atoms with van der Waals surface area (Å²) in [6.45, 7) is 2.45. The number of carbonyl (C=O) groups is 1. The number of nitrogens with one attached hydrogen (secondary N) is 2. The van der Waals surface area contributed by atoms with Crippen LogP contribution in [-0.4, -0.2) is 77.8 Å². The van der Waals surface area contributed by atoms with Crippen LogP contribution in [0.25, 0.3) is 5.52 Å². The van der Waals surface area contributed by atoms with E-state index >= 15 is 0 Å². The number of nitrogens with zero attached hydrogens (tertiary/aromatic N) is 4. The van der Waals surface area contributed by atoms with Gasteiger partial charge in [0.05, 0.1) is 24.5 Å². The highest BCUT2D eigenvalue weighted by Gasteiger charge is 2.49. The lowest BCUT2D eigenvalue weighted by Crippen LogP contribution is -2.35. The van der Waals surface area contributed by atoms with Gasteiger partial charge in [0.1, 0.15) is 41.7 Å². The Morgan fingerprint density at radius 3 is 2.72 bits per heavy atom. The largest absolute Gasteiger partial charge is 0.483 e. The molecule has 192 valence electrons. The normalized spacial score (nSPS) is 23.6. The standard InChI is InChI=1S/C23H27FN6O5S/c1-12-14(23(31)29-36(3,4)25)8-30-19(12)22(26-11-27-30)28-15-6-5-13(24)7-16(15)35-18-10-34-20-17(32-2)9-33-21(18)20/h5-8,11,17-18,20-21,25H,9-10H2,1-4H3,(H,26,27,28)/t17-,18-,20-,21-/m1/s1. The average molecular weight is 519 g/mol. The molecule has 0 bridgehead atoms. The molecule has 0 saturated carbocycles. The lowest BCUT2D eigenvalue weighted by Gasteiger charge is -2.20. The lowest BCUT2D eigenvalue weighted by molar-refractivity contribution is -0.0138. The minimum atomic E-state index is -2.13. The van der Waals surface area contributed by atoms with Crippen molar-refractivity contribution < 1.29 is 28.1 Å². The number of anilines is 2. The van der Waals surface area contributed by atoms with Gasteiger partial charge in [0.25, 0.3) is 5.91 Å². The highest BCUT2D eigenvalue weighted by Crippen LogP contribution is 2.36. The van der Waals surface area contributed by atoms with Gasteiger partial charge in [0.2, 0.25) is 0 Å². The first-order chi connectivity index (χ1) is 17.1. The van der Waals surface area contributed by atoms with E-state index in [2.05, 4.69) is 19.8 Å². The summed E-state index contributed by atoms with van der Waals surface area (Å²) in [5.74, 6) is -0.283. The topological polar surface area (TPSA) is 132 Å². The first-order valence-electron chi connectivity index (χ1n) is 11.2. The molecule has 13 heteroatoms. The lowest BCUT2D eigenvalue weighted by atomic mass is 10.1. The number of halogens is 1. The van der Waals surface area contributed by atoms with E-state index in [1.54, 1.807) is 38.8 Å². The maximum atomic E-state index is 14.2. The van der Waals surface area contributed by atoms with Crippen molar-refractivity contribution in [3.8, 4) is 5.75 Å². The highest BCUT2D eigenvalue weighted by molar-refractivity contribution is 7.93. The van der Waals surface area contributed by atoms with E-state index in [-0.39, 0.29) is 30.7 Å². The van der Waals surface area contributed by atoms with E-state index in [0.29, 0.717) is 34.8 Å². The maximum absolute atomic E-state index is 14.2. The Balaban J connectivity index is 1.46. The van der Waals surface area contributed by atoms with E-state index < -0.39 is 27.4 Å². The monoisotopic (exact) mass is 518 g/mol. The summed E-state index contributed by atoms with van der Waals surface area (Å²) in [6, 6.07) is 4.15. The summed E-state index contributed by atoms with van der Waals surface area (Å²) in [4.78, 5) is 17.0. The molecule has 2 saturated heterocycles. The summed E-state index contributed by atoms with van der Waals surface area (Å²) in [5, 5.41) is 7.40. The molecule has 5 rings (SSSR count). The molecule has 1 amide bonds. The van der Waals surface area contributed by atoms with E-state index in [9.17, 15) is 9.18 Å². The first-order valence-corrected chi connectivity index (χ1v) is 13.6. The second-order valence-corrected chi connectivity index (χ2v) is 11.8. The van der Waals surface area contributed by atoms with Crippen LogP contribution in [0.1, 0.15) is 15.9 Å². The molecule has 0 unspecified atom stereocenters. The number of aromatic nitrogens is 3. The number of ether oxygens (including phenoxy) is 4. The van der Waals surface area contributed by atoms with E-state index in [1.807, 2.05) is 0 Å². The highest BCUT2D eigenvalue weighted by atomic mass is 32.2. The number of benzene rings is 1. The van der Waals surface area contributed by atoms with Crippen molar-refractivity contribution in [1.82, 2.24) is 14.6 Å². The zero-order valence-electron chi connectivity index (χ0n) is 20.2. The number of hydrogen-bond donors (Lipinski definition) is 2.